The zero-order valence-corrected chi connectivity index (χ0v) is 12.0. The molecule has 1 aromatic carbocycles. The van der Waals surface area contributed by atoms with Crippen LogP contribution in [0.3, 0.4) is 0 Å². The van der Waals surface area contributed by atoms with Crippen LogP contribution in [-0.2, 0) is 5.54 Å². The molecule has 0 radical (unpaired) electrons. The molecule has 3 nitrogen and oxygen atoms in total. The van der Waals surface area contributed by atoms with Crippen LogP contribution in [0.25, 0.3) is 10.2 Å². The average molecular weight is 264 g/mol. The van der Waals surface area contributed by atoms with E-state index in [1.54, 1.807) is 11.3 Å². The van der Waals surface area contributed by atoms with Crippen LogP contribution in [0.4, 0.5) is 0 Å². The summed E-state index contributed by atoms with van der Waals surface area (Å²) in [6.45, 7) is 6.89. The van der Waals surface area contributed by atoms with Crippen LogP contribution in [0.15, 0.2) is 18.2 Å². The number of nitrogens with zero attached hydrogens (tertiary/aromatic N) is 1. The largest absolute Gasteiger partial charge is 0.494 e. The molecule has 0 saturated heterocycles. The standard InChI is InChI=1S/C14H20N2OS/c1-4-14(15,5-2)13-16-11-8-7-10(17-6-3)9-12(11)18-13/h7-9H,4-6,15H2,1-3H3. The molecule has 1 aromatic heterocycles. The highest BCUT2D eigenvalue weighted by Crippen LogP contribution is 2.34. The maximum atomic E-state index is 6.40. The maximum absolute atomic E-state index is 6.40. The molecular formula is C14H20N2OS. The van der Waals surface area contributed by atoms with Crippen molar-refractivity contribution < 1.29 is 4.74 Å². The van der Waals surface area contributed by atoms with Gasteiger partial charge in [0, 0.05) is 0 Å². The van der Waals surface area contributed by atoms with E-state index in [2.05, 4.69) is 18.8 Å². The highest BCUT2D eigenvalue weighted by Gasteiger charge is 2.26. The lowest BCUT2D eigenvalue weighted by molar-refractivity contribution is 0.341. The van der Waals surface area contributed by atoms with E-state index >= 15 is 0 Å². The first-order chi connectivity index (χ1) is 8.62. The van der Waals surface area contributed by atoms with Crippen LogP contribution < -0.4 is 10.5 Å². The number of aromatic nitrogens is 1. The van der Waals surface area contributed by atoms with Gasteiger partial charge in [0.2, 0.25) is 0 Å². The van der Waals surface area contributed by atoms with Gasteiger partial charge in [0.1, 0.15) is 10.8 Å². The van der Waals surface area contributed by atoms with Gasteiger partial charge in [0.15, 0.2) is 0 Å². The molecule has 0 spiro atoms. The number of rotatable bonds is 5. The van der Waals surface area contributed by atoms with Gasteiger partial charge in [-0.05, 0) is 38.0 Å². The molecular weight excluding hydrogens is 244 g/mol. The van der Waals surface area contributed by atoms with E-state index in [0.717, 1.165) is 33.8 Å². The van der Waals surface area contributed by atoms with Crippen LogP contribution in [0.5, 0.6) is 5.75 Å². The number of hydrogen-bond donors (Lipinski definition) is 1. The van der Waals surface area contributed by atoms with Crippen molar-refractivity contribution in [3.8, 4) is 5.75 Å². The van der Waals surface area contributed by atoms with Crippen molar-refractivity contribution in [2.45, 2.75) is 39.2 Å². The molecule has 0 aliphatic rings. The van der Waals surface area contributed by atoms with Crippen LogP contribution >= 0.6 is 11.3 Å². The summed E-state index contributed by atoms with van der Waals surface area (Å²) in [6, 6.07) is 6.02. The minimum atomic E-state index is -0.296. The monoisotopic (exact) mass is 264 g/mol. The normalized spacial score (nSPS) is 12.0. The number of thiazole rings is 1. The van der Waals surface area contributed by atoms with Gasteiger partial charge >= 0.3 is 0 Å². The highest BCUT2D eigenvalue weighted by molar-refractivity contribution is 7.18. The van der Waals surface area contributed by atoms with Crippen molar-refractivity contribution in [2.24, 2.45) is 5.73 Å². The summed E-state index contributed by atoms with van der Waals surface area (Å²) < 4.78 is 6.66. The van der Waals surface area contributed by atoms with Gasteiger partial charge in [0.25, 0.3) is 0 Å². The molecule has 0 atom stereocenters. The lowest BCUT2D eigenvalue weighted by Crippen LogP contribution is -2.34. The summed E-state index contributed by atoms with van der Waals surface area (Å²) in [5.41, 5.74) is 7.11. The van der Waals surface area contributed by atoms with Crippen LogP contribution in [0, 0.1) is 0 Å². The van der Waals surface area contributed by atoms with E-state index < -0.39 is 0 Å². The predicted molar refractivity (Wildman–Crippen MR) is 77.2 cm³/mol. The fourth-order valence-corrected chi connectivity index (χ4v) is 3.16. The second-order valence-corrected chi connectivity index (χ2v) is 5.48. The molecule has 0 bridgehead atoms. The van der Waals surface area contributed by atoms with Crippen molar-refractivity contribution in [1.82, 2.24) is 4.98 Å². The fourth-order valence-electron chi connectivity index (χ4n) is 1.93. The van der Waals surface area contributed by atoms with Crippen molar-refractivity contribution in [1.29, 1.82) is 0 Å². The van der Waals surface area contributed by atoms with Gasteiger partial charge < -0.3 is 10.5 Å². The minimum Gasteiger partial charge on any atom is -0.494 e. The zero-order chi connectivity index (χ0) is 13.2. The molecule has 98 valence electrons. The van der Waals surface area contributed by atoms with E-state index in [1.165, 1.54) is 0 Å². The van der Waals surface area contributed by atoms with E-state index in [-0.39, 0.29) is 5.54 Å². The quantitative estimate of drug-likeness (QED) is 0.896. The van der Waals surface area contributed by atoms with Gasteiger partial charge in [-0.25, -0.2) is 4.98 Å². The van der Waals surface area contributed by atoms with Gasteiger partial charge in [-0.3, -0.25) is 0 Å². The van der Waals surface area contributed by atoms with Crippen molar-refractivity contribution >= 4 is 21.6 Å². The smallest absolute Gasteiger partial charge is 0.120 e. The second-order valence-electron chi connectivity index (χ2n) is 4.44. The van der Waals surface area contributed by atoms with Gasteiger partial charge in [-0.2, -0.15) is 0 Å². The first-order valence-electron chi connectivity index (χ1n) is 6.45. The Labute approximate surface area is 112 Å². The summed E-state index contributed by atoms with van der Waals surface area (Å²) in [6.07, 6.45) is 1.81. The Bertz CT molecular complexity index is 532. The topological polar surface area (TPSA) is 48.1 Å². The number of ether oxygens (including phenoxy) is 1. The fraction of sp³-hybridized carbons (Fsp3) is 0.500. The Morgan fingerprint density at radius 3 is 2.61 bits per heavy atom. The van der Waals surface area contributed by atoms with E-state index in [0.29, 0.717) is 6.61 Å². The number of hydrogen-bond acceptors (Lipinski definition) is 4. The van der Waals surface area contributed by atoms with Crippen molar-refractivity contribution in [2.75, 3.05) is 6.61 Å². The summed E-state index contributed by atoms with van der Waals surface area (Å²) in [5.74, 6) is 0.899. The molecule has 0 aliphatic carbocycles. The summed E-state index contributed by atoms with van der Waals surface area (Å²) in [4.78, 5) is 4.67. The summed E-state index contributed by atoms with van der Waals surface area (Å²) >= 11 is 1.68. The SMILES string of the molecule is CCOc1ccc2nc(C(N)(CC)CC)sc2c1. The third kappa shape index (κ3) is 2.35. The average Bonchev–Trinajstić information content (AvgIpc) is 2.82. The summed E-state index contributed by atoms with van der Waals surface area (Å²) in [7, 11) is 0. The van der Waals surface area contributed by atoms with Gasteiger partial charge in [0.05, 0.1) is 22.4 Å². The molecule has 2 aromatic rings. The minimum absolute atomic E-state index is 0.296. The van der Waals surface area contributed by atoms with Gasteiger partial charge in [-0.15, -0.1) is 11.3 Å². The summed E-state index contributed by atoms with van der Waals surface area (Å²) in [5, 5.41) is 1.02. The van der Waals surface area contributed by atoms with Crippen LogP contribution in [0.2, 0.25) is 0 Å². The van der Waals surface area contributed by atoms with Crippen LogP contribution in [-0.4, -0.2) is 11.6 Å². The maximum Gasteiger partial charge on any atom is 0.120 e. The molecule has 0 fully saturated rings. The van der Waals surface area contributed by atoms with E-state index in [1.807, 2.05) is 25.1 Å². The number of nitrogens with two attached hydrogens (primary N) is 1. The Hall–Kier alpha value is -1.13. The Balaban J connectivity index is 2.43. The highest BCUT2D eigenvalue weighted by atomic mass is 32.1. The second kappa shape index (κ2) is 5.24. The zero-order valence-electron chi connectivity index (χ0n) is 11.2. The third-order valence-electron chi connectivity index (χ3n) is 3.36. The van der Waals surface area contributed by atoms with Gasteiger partial charge in [-0.1, -0.05) is 13.8 Å². The van der Waals surface area contributed by atoms with Crippen molar-refractivity contribution in [3.63, 3.8) is 0 Å². The van der Waals surface area contributed by atoms with E-state index in [4.69, 9.17) is 10.5 Å². The Kier molecular flexibility index (Phi) is 3.88. The molecule has 2 rings (SSSR count). The molecule has 0 amide bonds. The third-order valence-corrected chi connectivity index (χ3v) is 4.60. The predicted octanol–water partition coefficient (Wildman–Crippen LogP) is 3.67. The van der Waals surface area contributed by atoms with Crippen molar-refractivity contribution in [3.05, 3.63) is 23.2 Å². The Morgan fingerprint density at radius 2 is 2.00 bits per heavy atom. The lowest BCUT2D eigenvalue weighted by Gasteiger charge is -2.23. The molecule has 4 heteroatoms. The first-order valence-corrected chi connectivity index (χ1v) is 7.27. The van der Waals surface area contributed by atoms with E-state index in [9.17, 15) is 0 Å². The number of fused-ring (bicyclic) bond motifs is 1. The molecule has 0 unspecified atom stereocenters. The molecule has 2 N–H and O–H groups in total. The Morgan fingerprint density at radius 1 is 1.28 bits per heavy atom. The van der Waals surface area contributed by atoms with Crippen LogP contribution in [0.1, 0.15) is 38.6 Å². The molecule has 0 aliphatic heterocycles. The molecule has 0 saturated carbocycles. The molecule has 1 heterocycles. The molecule has 18 heavy (non-hydrogen) atoms. The lowest BCUT2D eigenvalue weighted by atomic mass is 9.95. The first kappa shape index (κ1) is 13.3. The number of benzene rings is 1.